The summed E-state index contributed by atoms with van der Waals surface area (Å²) in [7, 11) is -1.61. The average molecular weight is 247 g/mol. The number of hydrogen-bond donors (Lipinski definition) is 3. The monoisotopic (exact) mass is 247 g/mol. The lowest BCUT2D eigenvalue weighted by molar-refractivity contribution is 0.0904. The fraction of sp³-hybridized carbons (Fsp3) is 0.455. The Hall–Kier alpha value is -1.62. The van der Waals surface area contributed by atoms with E-state index in [-0.39, 0.29) is 11.5 Å². The number of anilines is 1. The Morgan fingerprint density at radius 3 is 2.78 bits per heavy atom. The van der Waals surface area contributed by atoms with Crippen molar-refractivity contribution in [3.05, 3.63) is 17.8 Å². The van der Waals surface area contributed by atoms with Gasteiger partial charge in [0, 0.05) is 30.9 Å². The van der Waals surface area contributed by atoms with Crippen LogP contribution in [-0.2, 0) is 4.74 Å². The minimum absolute atomic E-state index is 0.212. The van der Waals surface area contributed by atoms with E-state index in [9.17, 15) is 0 Å². The summed E-state index contributed by atoms with van der Waals surface area (Å²) in [4.78, 5) is 4.07. The summed E-state index contributed by atoms with van der Waals surface area (Å²) in [6.45, 7) is 1.40. The molecule has 3 N–H and O–H groups in total. The van der Waals surface area contributed by atoms with Crippen LogP contribution in [0.1, 0.15) is 18.4 Å². The quantitative estimate of drug-likeness (QED) is 0.606. The van der Waals surface area contributed by atoms with Gasteiger partial charge in [0.05, 0.1) is 5.56 Å². The number of hydrogen-bond acceptors (Lipinski definition) is 6. The van der Waals surface area contributed by atoms with E-state index in [0.717, 1.165) is 12.8 Å². The molecular formula is C11H14BN3O3. The lowest BCUT2D eigenvalue weighted by atomic mass is 9.81. The predicted molar refractivity (Wildman–Crippen MR) is 66.2 cm³/mol. The molecule has 0 spiro atoms. The van der Waals surface area contributed by atoms with Gasteiger partial charge in [0.15, 0.2) is 0 Å². The van der Waals surface area contributed by atoms with Crippen LogP contribution in [0.3, 0.4) is 0 Å². The van der Waals surface area contributed by atoms with Crippen LogP contribution in [0.15, 0.2) is 12.3 Å². The number of aromatic nitrogens is 1. The molecule has 1 fully saturated rings. The predicted octanol–water partition coefficient (Wildman–Crippen LogP) is -0.776. The van der Waals surface area contributed by atoms with E-state index in [0.29, 0.717) is 24.6 Å². The number of nitriles is 1. The summed E-state index contributed by atoms with van der Waals surface area (Å²) < 4.78 is 5.25. The zero-order valence-electron chi connectivity index (χ0n) is 9.83. The number of rotatable bonds is 3. The molecule has 6 nitrogen and oxygen atoms in total. The fourth-order valence-electron chi connectivity index (χ4n) is 1.86. The normalized spacial score (nSPS) is 16.1. The second-order valence-electron chi connectivity index (χ2n) is 4.18. The molecule has 94 valence electrons. The van der Waals surface area contributed by atoms with E-state index >= 15 is 0 Å². The summed E-state index contributed by atoms with van der Waals surface area (Å²) in [5.41, 5.74) is 0.524. The van der Waals surface area contributed by atoms with Gasteiger partial charge < -0.3 is 20.1 Å². The van der Waals surface area contributed by atoms with E-state index < -0.39 is 7.12 Å². The van der Waals surface area contributed by atoms with Gasteiger partial charge in [-0.05, 0) is 18.9 Å². The van der Waals surface area contributed by atoms with Crippen molar-refractivity contribution in [2.75, 3.05) is 18.5 Å². The van der Waals surface area contributed by atoms with Crippen LogP contribution in [0, 0.1) is 11.3 Å². The fourth-order valence-corrected chi connectivity index (χ4v) is 1.86. The summed E-state index contributed by atoms with van der Waals surface area (Å²) >= 11 is 0. The second kappa shape index (κ2) is 5.82. The summed E-state index contributed by atoms with van der Waals surface area (Å²) in [6, 6.07) is 3.67. The van der Waals surface area contributed by atoms with Crippen molar-refractivity contribution in [2.45, 2.75) is 18.9 Å². The van der Waals surface area contributed by atoms with Crippen LogP contribution in [0.4, 0.5) is 5.82 Å². The molecule has 0 bridgehead atoms. The lowest BCUT2D eigenvalue weighted by Gasteiger charge is -2.24. The Labute approximate surface area is 105 Å². The molecule has 2 rings (SSSR count). The van der Waals surface area contributed by atoms with Crippen molar-refractivity contribution in [3.8, 4) is 6.07 Å². The molecule has 7 heteroatoms. The first-order valence-electron chi connectivity index (χ1n) is 5.81. The molecule has 18 heavy (non-hydrogen) atoms. The van der Waals surface area contributed by atoms with Gasteiger partial charge in [-0.2, -0.15) is 5.26 Å². The number of pyridine rings is 1. The van der Waals surface area contributed by atoms with Crippen LogP contribution in [0.2, 0.25) is 0 Å². The number of nitrogens with one attached hydrogen (secondary N) is 1. The van der Waals surface area contributed by atoms with Gasteiger partial charge in [0.1, 0.15) is 11.9 Å². The Morgan fingerprint density at radius 1 is 1.44 bits per heavy atom. The molecular weight excluding hydrogens is 233 g/mol. The van der Waals surface area contributed by atoms with Crippen molar-refractivity contribution in [3.63, 3.8) is 0 Å². The molecule has 0 atom stereocenters. The van der Waals surface area contributed by atoms with Gasteiger partial charge in [0.25, 0.3) is 0 Å². The van der Waals surface area contributed by atoms with Gasteiger partial charge in [-0.1, -0.05) is 0 Å². The topological polar surface area (TPSA) is 98.4 Å². The Bertz CT molecular complexity index is 455. The van der Waals surface area contributed by atoms with E-state index in [1.165, 1.54) is 12.3 Å². The SMILES string of the molecule is N#Cc1cc(B(O)O)cnc1NC1CCOCC1. The molecule has 1 aromatic heterocycles. The molecule has 1 aromatic rings. The highest BCUT2D eigenvalue weighted by Crippen LogP contribution is 2.15. The van der Waals surface area contributed by atoms with Crippen molar-refractivity contribution in [2.24, 2.45) is 0 Å². The lowest BCUT2D eigenvalue weighted by Crippen LogP contribution is -2.32. The molecule has 0 saturated carbocycles. The molecule has 0 unspecified atom stereocenters. The minimum Gasteiger partial charge on any atom is -0.423 e. The Balaban J connectivity index is 2.14. The number of ether oxygens (including phenoxy) is 1. The smallest absolute Gasteiger partial charge is 0.423 e. The third kappa shape index (κ3) is 2.98. The summed E-state index contributed by atoms with van der Waals surface area (Å²) in [6.07, 6.45) is 3.10. The zero-order valence-corrected chi connectivity index (χ0v) is 9.83. The maximum Gasteiger partial charge on any atom is 0.490 e. The zero-order chi connectivity index (χ0) is 13.0. The first-order valence-corrected chi connectivity index (χ1v) is 5.81. The maximum absolute atomic E-state index is 9.04. The molecule has 2 heterocycles. The number of nitrogens with zero attached hydrogens (tertiary/aromatic N) is 2. The highest BCUT2D eigenvalue weighted by molar-refractivity contribution is 6.58. The van der Waals surface area contributed by atoms with Crippen molar-refractivity contribution in [1.29, 1.82) is 5.26 Å². The van der Waals surface area contributed by atoms with Crippen molar-refractivity contribution >= 4 is 18.4 Å². The van der Waals surface area contributed by atoms with Gasteiger partial charge in [-0.25, -0.2) is 4.98 Å². The van der Waals surface area contributed by atoms with Gasteiger partial charge in [0.2, 0.25) is 0 Å². The van der Waals surface area contributed by atoms with Gasteiger partial charge >= 0.3 is 7.12 Å². The minimum atomic E-state index is -1.61. The van der Waals surface area contributed by atoms with Crippen molar-refractivity contribution in [1.82, 2.24) is 4.98 Å². The van der Waals surface area contributed by atoms with Crippen molar-refractivity contribution < 1.29 is 14.8 Å². The van der Waals surface area contributed by atoms with E-state index in [2.05, 4.69) is 10.3 Å². The first kappa shape index (κ1) is 12.8. The first-order chi connectivity index (χ1) is 8.70. The molecule has 0 aromatic carbocycles. The van der Waals surface area contributed by atoms with Gasteiger partial charge in [-0.15, -0.1) is 0 Å². The third-order valence-corrected chi connectivity index (χ3v) is 2.89. The van der Waals surface area contributed by atoms with E-state index in [1.54, 1.807) is 0 Å². The van der Waals surface area contributed by atoms with Crippen LogP contribution < -0.4 is 10.8 Å². The molecule has 0 radical (unpaired) electrons. The second-order valence-corrected chi connectivity index (χ2v) is 4.18. The Kier molecular flexibility index (Phi) is 4.15. The molecule has 0 amide bonds. The van der Waals surface area contributed by atoms with Crippen LogP contribution in [0.25, 0.3) is 0 Å². The van der Waals surface area contributed by atoms with E-state index in [4.69, 9.17) is 20.0 Å². The highest BCUT2D eigenvalue weighted by Gasteiger charge is 2.18. The summed E-state index contributed by atoms with van der Waals surface area (Å²) in [5.74, 6) is 0.480. The van der Waals surface area contributed by atoms with Gasteiger partial charge in [-0.3, -0.25) is 0 Å². The largest absolute Gasteiger partial charge is 0.490 e. The van der Waals surface area contributed by atoms with Crippen LogP contribution >= 0.6 is 0 Å². The molecule has 1 aliphatic heterocycles. The average Bonchev–Trinajstić information content (AvgIpc) is 2.40. The molecule has 1 aliphatic rings. The van der Waals surface area contributed by atoms with E-state index in [1.807, 2.05) is 6.07 Å². The summed E-state index contributed by atoms with van der Waals surface area (Å²) in [5, 5.41) is 30.3. The highest BCUT2D eigenvalue weighted by atomic mass is 16.5. The van der Waals surface area contributed by atoms with Crippen LogP contribution in [0.5, 0.6) is 0 Å². The third-order valence-electron chi connectivity index (χ3n) is 2.89. The standard InChI is InChI=1S/C11H14BN3O3/c13-6-8-5-9(12(16)17)7-14-11(8)15-10-1-3-18-4-2-10/h5,7,10,16-17H,1-4H2,(H,14,15). The Morgan fingerprint density at radius 2 is 2.17 bits per heavy atom. The molecule has 0 aliphatic carbocycles. The molecule has 1 saturated heterocycles. The van der Waals surface area contributed by atoms with Crippen LogP contribution in [-0.4, -0.2) is 41.4 Å². The maximum atomic E-state index is 9.04.